The number of thioether (sulfide) groups is 2. The first-order chi connectivity index (χ1) is 9.70. The summed E-state index contributed by atoms with van der Waals surface area (Å²) in [6.45, 7) is 0. The van der Waals surface area contributed by atoms with E-state index in [0.717, 1.165) is 20.4 Å². The molecule has 0 amide bonds. The predicted molar refractivity (Wildman–Crippen MR) is 101 cm³/mol. The van der Waals surface area contributed by atoms with Crippen molar-refractivity contribution in [3.8, 4) is 0 Å². The van der Waals surface area contributed by atoms with Crippen molar-refractivity contribution in [3.05, 3.63) is 0 Å². The van der Waals surface area contributed by atoms with Crippen LogP contribution in [0, 0.1) is 5.92 Å². The van der Waals surface area contributed by atoms with E-state index in [-0.39, 0.29) is 0 Å². The van der Waals surface area contributed by atoms with Crippen LogP contribution in [-0.4, -0.2) is 104 Å². The molecule has 3 aliphatic rings. The van der Waals surface area contributed by atoms with E-state index in [0.29, 0.717) is 41.8 Å². The molecule has 4 atom stereocenters. The molecule has 0 saturated carbocycles. The van der Waals surface area contributed by atoms with Crippen molar-refractivity contribution in [1.82, 2.24) is 0 Å². The molecule has 112 valence electrons. The molecular formula is C14H20S2Se2Te2. The Bertz CT molecular complexity index is 347. The van der Waals surface area contributed by atoms with Gasteiger partial charge in [0.25, 0.3) is 0 Å². The minimum absolute atomic E-state index is 0.324. The van der Waals surface area contributed by atoms with Crippen molar-refractivity contribution in [1.29, 1.82) is 0 Å². The molecule has 3 fully saturated rings. The molecule has 0 bridgehead atoms. The molecule has 3 rings (SSSR count). The maximum atomic E-state index is 3.43. The third-order valence-corrected chi connectivity index (χ3v) is 18.6. The van der Waals surface area contributed by atoms with E-state index in [4.69, 9.17) is 0 Å². The van der Waals surface area contributed by atoms with Crippen LogP contribution in [0.15, 0.2) is 0 Å². The summed E-state index contributed by atoms with van der Waals surface area (Å²) < 4.78 is 7.89. The maximum absolute atomic E-state index is 3.43. The van der Waals surface area contributed by atoms with Gasteiger partial charge in [0.2, 0.25) is 0 Å². The summed E-state index contributed by atoms with van der Waals surface area (Å²) >= 11 is 11.9. The van der Waals surface area contributed by atoms with Crippen molar-refractivity contribution in [2.75, 3.05) is 11.5 Å². The van der Waals surface area contributed by atoms with Gasteiger partial charge in [0.05, 0.1) is 0 Å². The van der Waals surface area contributed by atoms with Crippen LogP contribution < -0.4 is 0 Å². The second-order valence-electron chi connectivity index (χ2n) is 5.76. The minimum atomic E-state index is 0.324. The fraction of sp³-hybridized carbons (Fsp3) is 0.857. The summed E-state index contributed by atoms with van der Waals surface area (Å²) in [5, 5.41) is 1.96. The molecule has 0 aromatic carbocycles. The van der Waals surface area contributed by atoms with Gasteiger partial charge in [0.1, 0.15) is 0 Å². The van der Waals surface area contributed by atoms with E-state index >= 15 is 0 Å². The molecule has 0 aromatic rings. The van der Waals surface area contributed by atoms with Crippen molar-refractivity contribution in [2.45, 2.75) is 47.1 Å². The topological polar surface area (TPSA) is 0 Å². The predicted octanol–water partition coefficient (Wildman–Crippen LogP) is 2.08. The zero-order chi connectivity index (χ0) is 13.9. The molecule has 0 nitrogen and oxygen atoms in total. The number of hydrogen-bond acceptors (Lipinski definition) is 2. The Balaban J connectivity index is 1.46. The van der Waals surface area contributed by atoms with E-state index in [2.05, 4.69) is 54.7 Å². The summed E-state index contributed by atoms with van der Waals surface area (Å²) in [4.78, 5) is 0. The molecule has 0 radical (unpaired) electrons. The average molecular weight is 666 g/mol. The Morgan fingerprint density at radius 3 is 2.15 bits per heavy atom. The van der Waals surface area contributed by atoms with Crippen molar-refractivity contribution >= 4 is 105 Å². The van der Waals surface area contributed by atoms with Crippen LogP contribution >= 0.6 is 23.5 Å². The molecular weight excluding hydrogens is 645 g/mol. The first kappa shape index (κ1) is 17.9. The van der Waals surface area contributed by atoms with E-state index < -0.39 is 0 Å². The van der Waals surface area contributed by atoms with Crippen molar-refractivity contribution in [2.24, 2.45) is 5.92 Å². The van der Waals surface area contributed by atoms with Crippen LogP contribution in [0.5, 0.6) is 0 Å². The van der Waals surface area contributed by atoms with Crippen LogP contribution in [0.2, 0.25) is 11.0 Å². The van der Waals surface area contributed by atoms with Crippen LogP contribution in [0.3, 0.4) is 0 Å². The summed E-state index contributed by atoms with van der Waals surface area (Å²) in [5.74, 6) is 3.91. The van der Waals surface area contributed by atoms with Gasteiger partial charge in [-0.05, 0) is 0 Å². The average Bonchev–Trinajstić information content (AvgIpc) is 3.28. The Kier molecular flexibility index (Phi) is 8.00. The number of rotatable bonds is 8. The second-order valence-corrected chi connectivity index (χ2v) is 20.8. The SMILES string of the molecule is [Se]=C(CC1CS1)CC1C[Te]C[Te]C1CC(=[Se])CC1CS1. The van der Waals surface area contributed by atoms with Gasteiger partial charge in [-0.15, -0.1) is 0 Å². The van der Waals surface area contributed by atoms with Crippen LogP contribution in [0.4, 0.5) is 0 Å². The zero-order valence-electron chi connectivity index (χ0n) is 11.4. The van der Waals surface area contributed by atoms with E-state index in [1.807, 2.05) is 0 Å². The fourth-order valence-electron chi connectivity index (χ4n) is 2.56. The van der Waals surface area contributed by atoms with Gasteiger partial charge in [-0.3, -0.25) is 0 Å². The van der Waals surface area contributed by atoms with E-state index in [1.54, 1.807) is 15.8 Å². The molecule has 0 spiro atoms. The molecule has 0 aromatic heterocycles. The van der Waals surface area contributed by atoms with Gasteiger partial charge in [-0.2, -0.15) is 0 Å². The van der Waals surface area contributed by atoms with Gasteiger partial charge in [-0.1, -0.05) is 0 Å². The quantitative estimate of drug-likeness (QED) is 0.288. The van der Waals surface area contributed by atoms with Crippen LogP contribution in [-0.2, 0) is 0 Å². The third kappa shape index (κ3) is 6.52. The third-order valence-electron chi connectivity index (χ3n) is 3.86. The molecule has 6 heteroatoms. The normalized spacial score (nSPS) is 35.6. The summed E-state index contributed by atoms with van der Waals surface area (Å²) in [7, 11) is 0. The first-order valence-corrected chi connectivity index (χ1v) is 17.3. The Morgan fingerprint density at radius 1 is 0.950 bits per heavy atom. The standard InChI is InChI=1S/C14H20S2Se2Te2/c17-12(2-10-5-15-10)1-9-7-19-8-20-14(9)4-13(18)3-11-6-16-11/h9-11,14H,1-8H2. The molecule has 3 heterocycles. The molecule has 4 unspecified atom stereocenters. The van der Waals surface area contributed by atoms with Crippen LogP contribution in [0.25, 0.3) is 0 Å². The Morgan fingerprint density at radius 2 is 1.55 bits per heavy atom. The van der Waals surface area contributed by atoms with Gasteiger partial charge in [-0.25, -0.2) is 0 Å². The summed E-state index contributed by atoms with van der Waals surface area (Å²) in [6, 6.07) is 0. The molecule has 0 N–H and O–H groups in total. The Labute approximate surface area is 167 Å². The summed E-state index contributed by atoms with van der Waals surface area (Å²) in [6.07, 6.45) is 5.64. The summed E-state index contributed by atoms with van der Waals surface area (Å²) in [5.41, 5.74) is 0. The molecule has 3 aliphatic heterocycles. The number of hydrogen-bond donors (Lipinski definition) is 0. The van der Waals surface area contributed by atoms with Crippen molar-refractivity contribution < 1.29 is 0 Å². The first-order valence-electron chi connectivity index (χ1n) is 7.16. The molecule has 0 aliphatic carbocycles. The van der Waals surface area contributed by atoms with E-state index in [1.165, 1.54) is 37.2 Å². The molecule has 3 saturated heterocycles. The van der Waals surface area contributed by atoms with E-state index in [9.17, 15) is 0 Å². The molecule has 20 heavy (non-hydrogen) atoms. The monoisotopic (exact) mass is 672 g/mol. The van der Waals surface area contributed by atoms with Crippen LogP contribution in [0.1, 0.15) is 25.7 Å². The second kappa shape index (κ2) is 8.95. The fourth-order valence-corrected chi connectivity index (χ4v) is 19.9. The Hall–Kier alpha value is 3.06. The van der Waals surface area contributed by atoms with Gasteiger partial charge < -0.3 is 0 Å². The van der Waals surface area contributed by atoms with Gasteiger partial charge >= 0.3 is 170 Å². The zero-order valence-corrected chi connectivity index (χ0v) is 21.1. The van der Waals surface area contributed by atoms with Gasteiger partial charge in [0, 0.05) is 0 Å². The van der Waals surface area contributed by atoms with Crippen molar-refractivity contribution in [3.63, 3.8) is 0 Å². The van der Waals surface area contributed by atoms with Gasteiger partial charge in [0.15, 0.2) is 0 Å².